The maximum atomic E-state index is 12.1. The molecular weight excluding hydrogens is 339 g/mol. The van der Waals surface area contributed by atoms with Gasteiger partial charge in [-0.2, -0.15) is 0 Å². The number of imidazole rings is 1. The molecule has 0 spiro atoms. The van der Waals surface area contributed by atoms with Gasteiger partial charge in [-0.05, 0) is 41.6 Å². The minimum Gasteiger partial charge on any atom is -0.230 e. The van der Waals surface area contributed by atoms with Crippen molar-refractivity contribution in [1.29, 1.82) is 0 Å². The fourth-order valence-corrected chi connectivity index (χ4v) is 2.99. The largest absolute Gasteiger partial charge is 0.268 e. The summed E-state index contributed by atoms with van der Waals surface area (Å²) in [7, 11) is -3.49. The minimum atomic E-state index is -3.49. The molecular formula is C10H9IN2O2S. The maximum absolute atomic E-state index is 12.1. The number of hydrogen-bond acceptors (Lipinski definition) is 3. The molecule has 0 fully saturated rings. The number of hydrogen-bond donors (Lipinski definition) is 0. The molecule has 16 heavy (non-hydrogen) atoms. The quantitative estimate of drug-likeness (QED) is 0.781. The summed E-state index contributed by atoms with van der Waals surface area (Å²) in [6, 6.07) is 6.73. The Bertz CT molecular complexity index is 602. The van der Waals surface area contributed by atoms with Gasteiger partial charge >= 0.3 is 0 Å². The standard InChI is InChI=1S/C10H9IN2O2S/c1-8-2-4-9(5-3-8)16(14,15)13-6-10(11)12-7-13/h2-7H,1H3. The van der Waals surface area contributed by atoms with Gasteiger partial charge in [0.1, 0.15) is 10.0 Å². The Labute approximate surface area is 108 Å². The summed E-state index contributed by atoms with van der Waals surface area (Å²) in [5, 5.41) is 0. The molecule has 4 nitrogen and oxygen atoms in total. The molecule has 0 bridgehead atoms. The predicted octanol–water partition coefficient (Wildman–Crippen LogP) is 2.03. The Hall–Kier alpha value is -0.890. The van der Waals surface area contributed by atoms with Gasteiger partial charge in [-0.25, -0.2) is 17.4 Å². The summed E-state index contributed by atoms with van der Waals surface area (Å²) in [6.07, 6.45) is 2.78. The number of nitrogens with zero attached hydrogens (tertiary/aromatic N) is 2. The minimum absolute atomic E-state index is 0.270. The first-order valence-electron chi connectivity index (χ1n) is 4.52. The van der Waals surface area contributed by atoms with E-state index in [1.807, 2.05) is 29.5 Å². The smallest absolute Gasteiger partial charge is 0.230 e. The Morgan fingerprint density at radius 1 is 1.25 bits per heavy atom. The van der Waals surface area contributed by atoms with E-state index < -0.39 is 10.0 Å². The van der Waals surface area contributed by atoms with Gasteiger partial charge in [0.25, 0.3) is 10.0 Å². The van der Waals surface area contributed by atoms with Gasteiger partial charge in [0.2, 0.25) is 0 Å². The fraction of sp³-hybridized carbons (Fsp3) is 0.100. The molecule has 0 aliphatic carbocycles. The van der Waals surface area contributed by atoms with Crippen molar-refractivity contribution in [3.8, 4) is 0 Å². The predicted molar refractivity (Wildman–Crippen MR) is 68.7 cm³/mol. The third-order valence-electron chi connectivity index (χ3n) is 2.13. The van der Waals surface area contributed by atoms with Crippen molar-refractivity contribution in [3.63, 3.8) is 0 Å². The first kappa shape index (κ1) is 11.6. The van der Waals surface area contributed by atoms with Gasteiger partial charge < -0.3 is 0 Å². The van der Waals surface area contributed by atoms with E-state index in [2.05, 4.69) is 4.98 Å². The highest BCUT2D eigenvalue weighted by molar-refractivity contribution is 14.1. The van der Waals surface area contributed by atoms with E-state index >= 15 is 0 Å². The fourth-order valence-electron chi connectivity index (χ4n) is 1.25. The van der Waals surface area contributed by atoms with E-state index in [0.717, 1.165) is 9.54 Å². The SMILES string of the molecule is Cc1ccc(S(=O)(=O)n2cnc(I)c2)cc1. The monoisotopic (exact) mass is 348 g/mol. The van der Waals surface area contributed by atoms with Crippen LogP contribution in [-0.4, -0.2) is 17.4 Å². The average Bonchev–Trinajstić information content (AvgIpc) is 2.66. The van der Waals surface area contributed by atoms with Crippen LogP contribution in [0.1, 0.15) is 5.56 Å². The van der Waals surface area contributed by atoms with E-state index in [1.165, 1.54) is 12.5 Å². The number of benzene rings is 1. The highest BCUT2D eigenvalue weighted by Crippen LogP contribution is 2.15. The summed E-state index contributed by atoms with van der Waals surface area (Å²) < 4.78 is 25.9. The molecule has 0 atom stereocenters. The van der Waals surface area contributed by atoms with Crippen LogP contribution in [0.3, 0.4) is 0 Å². The highest BCUT2D eigenvalue weighted by atomic mass is 127. The van der Waals surface area contributed by atoms with Crippen LogP contribution in [0.4, 0.5) is 0 Å². The summed E-state index contributed by atoms with van der Waals surface area (Å²) in [5.41, 5.74) is 1.03. The molecule has 6 heteroatoms. The Morgan fingerprint density at radius 2 is 1.88 bits per heavy atom. The molecule has 0 aliphatic heterocycles. The van der Waals surface area contributed by atoms with Crippen molar-refractivity contribution in [2.75, 3.05) is 0 Å². The lowest BCUT2D eigenvalue weighted by atomic mass is 10.2. The Morgan fingerprint density at radius 3 is 2.38 bits per heavy atom. The van der Waals surface area contributed by atoms with Crippen LogP contribution in [0.5, 0.6) is 0 Å². The second-order valence-electron chi connectivity index (χ2n) is 3.34. The van der Waals surface area contributed by atoms with Gasteiger partial charge in [0.05, 0.1) is 11.1 Å². The van der Waals surface area contributed by atoms with Crippen molar-refractivity contribution < 1.29 is 8.42 Å². The lowest BCUT2D eigenvalue weighted by Gasteiger charge is -2.04. The normalized spacial score (nSPS) is 11.6. The van der Waals surface area contributed by atoms with Gasteiger partial charge in [0, 0.05) is 0 Å². The van der Waals surface area contributed by atoms with Gasteiger partial charge in [0.15, 0.2) is 0 Å². The Balaban J connectivity index is 2.51. The molecule has 1 aromatic carbocycles. The molecule has 0 N–H and O–H groups in total. The van der Waals surface area contributed by atoms with Crippen molar-refractivity contribution >= 4 is 32.6 Å². The zero-order chi connectivity index (χ0) is 11.8. The lowest BCUT2D eigenvalue weighted by molar-refractivity contribution is 0.587. The van der Waals surface area contributed by atoms with Gasteiger partial charge in [-0.3, -0.25) is 0 Å². The number of halogens is 1. The van der Waals surface area contributed by atoms with Crippen molar-refractivity contribution in [3.05, 3.63) is 46.1 Å². The van der Waals surface area contributed by atoms with E-state index in [4.69, 9.17) is 0 Å². The molecule has 0 aliphatic rings. The van der Waals surface area contributed by atoms with E-state index in [0.29, 0.717) is 3.70 Å². The van der Waals surface area contributed by atoms with Crippen LogP contribution < -0.4 is 0 Å². The molecule has 84 valence electrons. The van der Waals surface area contributed by atoms with Crippen molar-refractivity contribution in [1.82, 2.24) is 8.96 Å². The molecule has 2 rings (SSSR count). The van der Waals surface area contributed by atoms with E-state index in [-0.39, 0.29) is 4.90 Å². The zero-order valence-corrected chi connectivity index (χ0v) is 11.4. The summed E-state index contributed by atoms with van der Waals surface area (Å²) in [4.78, 5) is 4.17. The summed E-state index contributed by atoms with van der Waals surface area (Å²) >= 11 is 1.97. The number of rotatable bonds is 2. The van der Waals surface area contributed by atoms with Crippen LogP contribution in [-0.2, 0) is 10.0 Å². The molecule has 0 saturated heterocycles. The van der Waals surface area contributed by atoms with Crippen LogP contribution >= 0.6 is 22.6 Å². The molecule has 0 saturated carbocycles. The lowest BCUT2D eigenvalue weighted by Crippen LogP contribution is -2.10. The second-order valence-corrected chi connectivity index (χ2v) is 6.29. The first-order valence-corrected chi connectivity index (χ1v) is 7.04. The molecule has 0 amide bonds. The van der Waals surface area contributed by atoms with Crippen LogP contribution in [0, 0.1) is 10.6 Å². The maximum Gasteiger partial charge on any atom is 0.268 e. The molecule has 0 unspecified atom stereocenters. The van der Waals surface area contributed by atoms with E-state index in [1.54, 1.807) is 24.3 Å². The molecule has 1 heterocycles. The first-order chi connectivity index (χ1) is 7.50. The van der Waals surface area contributed by atoms with Crippen LogP contribution in [0.15, 0.2) is 41.7 Å². The van der Waals surface area contributed by atoms with Gasteiger partial charge in [-0.15, -0.1) is 0 Å². The van der Waals surface area contributed by atoms with E-state index in [9.17, 15) is 8.42 Å². The van der Waals surface area contributed by atoms with Crippen molar-refractivity contribution in [2.45, 2.75) is 11.8 Å². The van der Waals surface area contributed by atoms with Gasteiger partial charge in [-0.1, -0.05) is 17.7 Å². The third-order valence-corrected chi connectivity index (χ3v) is 4.30. The number of aryl methyl sites for hydroxylation is 1. The summed E-state index contributed by atoms with van der Waals surface area (Å²) in [5.74, 6) is 0. The Kier molecular flexibility index (Phi) is 3.02. The average molecular weight is 348 g/mol. The third kappa shape index (κ3) is 2.12. The van der Waals surface area contributed by atoms with Crippen molar-refractivity contribution in [2.24, 2.45) is 0 Å². The second kappa shape index (κ2) is 4.17. The summed E-state index contributed by atoms with van der Waals surface area (Å²) in [6.45, 7) is 1.91. The molecule has 2 aromatic rings. The van der Waals surface area contributed by atoms with Crippen LogP contribution in [0.2, 0.25) is 0 Å². The molecule has 0 radical (unpaired) electrons. The highest BCUT2D eigenvalue weighted by Gasteiger charge is 2.16. The molecule has 1 aromatic heterocycles. The number of aromatic nitrogens is 2. The van der Waals surface area contributed by atoms with Crippen LogP contribution in [0.25, 0.3) is 0 Å². The zero-order valence-electron chi connectivity index (χ0n) is 8.46. The topological polar surface area (TPSA) is 52.0 Å².